The number of fused-ring (bicyclic) bond motifs is 1. The van der Waals surface area contributed by atoms with Gasteiger partial charge in [-0.15, -0.1) is 0 Å². The molecule has 0 aliphatic carbocycles. The molecule has 1 aliphatic rings. The number of aromatic nitrogens is 1. The predicted octanol–water partition coefficient (Wildman–Crippen LogP) is 1.98. The number of pyridine rings is 1. The molecule has 1 aliphatic heterocycles. The Morgan fingerprint density at radius 2 is 2.22 bits per heavy atom. The molecule has 0 spiro atoms. The number of benzene rings is 1. The average molecular weight is 331 g/mol. The summed E-state index contributed by atoms with van der Waals surface area (Å²) >= 11 is 1.36. The van der Waals surface area contributed by atoms with Crippen molar-refractivity contribution in [3.63, 3.8) is 0 Å². The lowest BCUT2D eigenvalue weighted by atomic mass is 10.2. The van der Waals surface area contributed by atoms with Gasteiger partial charge < -0.3 is 5.32 Å². The standard InChI is InChI=1S/C16H14FN3O2S/c17-12-4-1-3-11(7-12)8-19-14(21)9-20-13-5-2-6-18-16(13)23-10-15(20)22/h1-7H,8-10H2,(H,19,21). The fraction of sp³-hybridized carbons (Fsp3) is 0.188. The van der Waals surface area contributed by atoms with Gasteiger partial charge in [0.25, 0.3) is 0 Å². The van der Waals surface area contributed by atoms with Crippen molar-refractivity contribution in [3.05, 3.63) is 54.0 Å². The van der Waals surface area contributed by atoms with Crippen LogP contribution in [0.3, 0.4) is 0 Å². The lowest BCUT2D eigenvalue weighted by Crippen LogP contribution is -2.43. The number of thioether (sulfide) groups is 1. The summed E-state index contributed by atoms with van der Waals surface area (Å²) in [5.41, 5.74) is 1.32. The molecule has 2 amide bonds. The Balaban J connectivity index is 1.65. The fourth-order valence-electron chi connectivity index (χ4n) is 2.26. The minimum atomic E-state index is -0.347. The average Bonchev–Trinajstić information content (AvgIpc) is 2.56. The first-order chi connectivity index (χ1) is 11.1. The zero-order valence-corrected chi connectivity index (χ0v) is 13.0. The molecule has 2 heterocycles. The topological polar surface area (TPSA) is 62.3 Å². The molecule has 118 valence electrons. The van der Waals surface area contributed by atoms with Crippen LogP contribution in [0.2, 0.25) is 0 Å². The van der Waals surface area contributed by atoms with E-state index < -0.39 is 0 Å². The molecule has 0 radical (unpaired) electrons. The SMILES string of the molecule is O=C(CN1C(=O)CSc2ncccc21)NCc1cccc(F)c1. The number of amides is 2. The number of nitrogens with zero attached hydrogens (tertiary/aromatic N) is 2. The molecule has 0 atom stereocenters. The molecule has 0 saturated heterocycles. The van der Waals surface area contributed by atoms with Crippen molar-refractivity contribution in [3.8, 4) is 0 Å². The van der Waals surface area contributed by atoms with E-state index in [0.717, 1.165) is 5.03 Å². The summed E-state index contributed by atoms with van der Waals surface area (Å²) < 4.78 is 13.1. The van der Waals surface area contributed by atoms with E-state index in [1.807, 2.05) is 0 Å². The number of carbonyl (C=O) groups is 2. The van der Waals surface area contributed by atoms with Crippen LogP contribution in [0, 0.1) is 5.82 Å². The molecule has 1 aromatic carbocycles. The van der Waals surface area contributed by atoms with Crippen LogP contribution in [0.1, 0.15) is 5.56 Å². The van der Waals surface area contributed by atoms with Gasteiger partial charge in [-0.1, -0.05) is 23.9 Å². The van der Waals surface area contributed by atoms with Crippen molar-refractivity contribution in [2.75, 3.05) is 17.2 Å². The van der Waals surface area contributed by atoms with E-state index in [0.29, 0.717) is 11.3 Å². The van der Waals surface area contributed by atoms with Crippen LogP contribution in [0.4, 0.5) is 10.1 Å². The van der Waals surface area contributed by atoms with Crippen LogP contribution in [0.15, 0.2) is 47.6 Å². The Hall–Kier alpha value is -2.41. The number of anilines is 1. The van der Waals surface area contributed by atoms with Crippen LogP contribution in [-0.4, -0.2) is 29.1 Å². The molecular weight excluding hydrogens is 317 g/mol. The van der Waals surface area contributed by atoms with Crippen LogP contribution in [0.25, 0.3) is 0 Å². The Morgan fingerprint density at radius 1 is 1.35 bits per heavy atom. The molecule has 0 saturated carbocycles. The van der Waals surface area contributed by atoms with Gasteiger partial charge in [0.15, 0.2) is 0 Å². The van der Waals surface area contributed by atoms with Gasteiger partial charge in [0.1, 0.15) is 17.4 Å². The van der Waals surface area contributed by atoms with Gasteiger partial charge >= 0.3 is 0 Å². The van der Waals surface area contributed by atoms with Crippen molar-refractivity contribution in [2.24, 2.45) is 0 Å². The zero-order chi connectivity index (χ0) is 16.2. The second-order valence-corrected chi connectivity index (χ2v) is 5.97. The second-order valence-electron chi connectivity index (χ2n) is 5.00. The number of nitrogens with one attached hydrogen (secondary N) is 1. The minimum Gasteiger partial charge on any atom is -0.350 e. The van der Waals surface area contributed by atoms with Gasteiger partial charge in [-0.05, 0) is 29.8 Å². The summed E-state index contributed by atoms with van der Waals surface area (Å²) in [4.78, 5) is 29.8. The van der Waals surface area contributed by atoms with E-state index >= 15 is 0 Å². The maximum Gasteiger partial charge on any atom is 0.240 e. The van der Waals surface area contributed by atoms with Crippen LogP contribution in [-0.2, 0) is 16.1 Å². The molecule has 2 aromatic rings. The van der Waals surface area contributed by atoms with E-state index in [9.17, 15) is 14.0 Å². The molecule has 0 unspecified atom stereocenters. The highest BCUT2D eigenvalue weighted by atomic mass is 32.2. The molecule has 7 heteroatoms. The number of hydrogen-bond acceptors (Lipinski definition) is 4. The molecule has 23 heavy (non-hydrogen) atoms. The third kappa shape index (κ3) is 3.68. The van der Waals surface area contributed by atoms with Crippen molar-refractivity contribution in [1.29, 1.82) is 0 Å². The Morgan fingerprint density at radius 3 is 3.04 bits per heavy atom. The molecule has 3 rings (SSSR count). The predicted molar refractivity (Wildman–Crippen MR) is 85.6 cm³/mol. The summed E-state index contributed by atoms with van der Waals surface area (Å²) in [6.07, 6.45) is 1.66. The van der Waals surface area contributed by atoms with E-state index in [4.69, 9.17) is 0 Å². The summed E-state index contributed by atoms with van der Waals surface area (Å²) in [5, 5.41) is 3.44. The fourth-order valence-corrected chi connectivity index (χ4v) is 3.14. The van der Waals surface area contributed by atoms with Crippen molar-refractivity contribution < 1.29 is 14.0 Å². The number of rotatable bonds is 4. The van der Waals surface area contributed by atoms with E-state index in [1.165, 1.54) is 28.8 Å². The highest BCUT2D eigenvalue weighted by Gasteiger charge is 2.26. The summed E-state index contributed by atoms with van der Waals surface area (Å²) in [6, 6.07) is 9.53. The van der Waals surface area contributed by atoms with Gasteiger partial charge in [0.2, 0.25) is 11.8 Å². The summed E-state index contributed by atoms with van der Waals surface area (Å²) in [6.45, 7) is 0.140. The number of hydrogen-bond donors (Lipinski definition) is 1. The smallest absolute Gasteiger partial charge is 0.240 e. The van der Waals surface area contributed by atoms with Gasteiger partial charge in [0, 0.05) is 12.7 Å². The molecular formula is C16H14FN3O2S. The minimum absolute atomic E-state index is 0.0760. The van der Waals surface area contributed by atoms with Gasteiger partial charge in [-0.25, -0.2) is 9.37 Å². The van der Waals surface area contributed by atoms with Crippen LogP contribution in [0.5, 0.6) is 0 Å². The van der Waals surface area contributed by atoms with Gasteiger partial charge in [-0.3, -0.25) is 14.5 Å². The Kier molecular flexibility index (Phi) is 4.57. The molecule has 1 aromatic heterocycles. The third-order valence-electron chi connectivity index (χ3n) is 3.36. The lowest BCUT2D eigenvalue weighted by molar-refractivity contribution is -0.123. The quantitative estimate of drug-likeness (QED) is 0.930. The van der Waals surface area contributed by atoms with Gasteiger partial charge in [0.05, 0.1) is 11.4 Å². The molecule has 1 N–H and O–H groups in total. The summed E-state index contributed by atoms with van der Waals surface area (Å²) in [7, 11) is 0. The number of halogens is 1. The van der Waals surface area contributed by atoms with E-state index in [2.05, 4.69) is 10.3 Å². The maximum atomic E-state index is 13.1. The first-order valence-corrected chi connectivity index (χ1v) is 8.01. The van der Waals surface area contributed by atoms with Crippen molar-refractivity contribution >= 4 is 29.3 Å². The highest BCUT2D eigenvalue weighted by Crippen LogP contribution is 2.32. The third-order valence-corrected chi connectivity index (χ3v) is 4.33. The normalized spacial score (nSPS) is 13.6. The van der Waals surface area contributed by atoms with Crippen LogP contribution < -0.4 is 10.2 Å². The first kappa shape index (κ1) is 15.5. The largest absolute Gasteiger partial charge is 0.350 e. The Labute approximate surface area is 136 Å². The summed E-state index contributed by atoms with van der Waals surface area (Å²) in [5.74, 6) is -0.512. The molecule has 5 nitrogen and oxygen atoms in total. The lowest BCUT2D eigenvalue weighted by Gasteiger charge is -2.27. The van der Waals surface area contributed by atoms with Crippen LogP contribution >= 0.6 is 11.8 Å². The monoisotopic (exact) mass is 331 g/mol. The van der Waals surface area contributed by atoms with Crippen molar-refractivity contribution in [1.82, 2.24) is 10.3 Å². The Bertz CT molecular complexity index is 754. The molecule has 0 fully saturated rings. The van der Waals surface area contributed by atoms with Crippen molar-refractivity contribution in [2.45, 2.75) is 11.6 Å². The maximum absolute atomic E-state index is 13.1. The first-order valence-electron chi connectivity index (χ1n) is 7.03. The van der Waals surface area contributed by atoms with E-state index in [1.54, 1.807) is 30.5 Å². The molecule has 0 bridgehead atoms. The number of carbonyl (C=O) groups excluding carboxylic acids is 2. The highest BCUT2D eigenvalue weighted by molar-refractivity contribution is 8.00. The van der Waals surface area contributed by atoms with Gasteiger partial charge in [-0.2, -0.15) is 0 Å². The van der Waals surface area contributed by atoms with E-state index in [-0.39, 0.29) is 36.5 Å². The second kappa shape index (κ2) is 6.78. The zero-order valence-electron chi connectivity index (χ0n) is 12.2.